The van der Waals surface area contributed by atoms with Crippen molar-refractivity contribution in [3.8, 4) is 0 Å². The van der Waals surface area contributed by atoms with E-state index in [0.29, 0.717) is 26.5 Å². The Hall–Kier alpha value is -1.61. The summed E-state index contributed by atoms with van der Waals surface area (Å²) in [5, 5.41) is 0.810. The Balaban J connectivity index is 1.69. The number of fused-ring (bicyclic) bond motifs is 1. The van der Waals surface area contributed by atoms with Crippen LogP contribution in [-0.4, -0.2) is 42.3 Å². The maximum atomic E-state index is 13.1. The lowest BCUT2D eigenvalue weighted by Crippen LogP contribution is -2.38. The average molecular weight is 473 g/mol. The zero-order valence-corrected chi connectivity index (χ0v) is 18.0. The summed E-state index contributed by atoms with van der Waals surface area (Å²) in [7, 11) is -3.20. The zero-order chi connectivity index (χ0) is 20.8. The lowest BCUT2D eigenvalue weighted by Gasteiger charge is -2.26. The Labute approximate surface area is 181 Å². The quantitative estimate of drug-likeness (QED) is 0.675. The van der Waals surface area contributed by atoms with Gasteiger partial charge in [0.15, 0.2) is 15.0 Å². The number of amidine groups is 1. The lowest BCUT2D eigenvalue weighted by atomic mass is 10.1. The van der Waals surface area contributed by atoms with E-state index in [4.69, 9.17) is 23.2 Å². The third kappa shape index (κ3) is 4.30. The number of halogens is 3. The monoisotopic (exact) mass is 472 g/mol. The van der Waals surface area contributed by atoms with Crippen LogP contribution in [0.3, 0.4) is 0 Å². The van der Waals surface area contributed by atoms with Gasteiger partial charge in [0.2, 0.25) is 0 Å². The molecule has 5 nitrogen and oxygen atoms in total. The highest BCUT2D eigenvalue weighted by atomic mass is 35.5. The zero-order valence-electron chi connectivity index (χ0n) is 14.9. The first-order valence-corrected chi connectivity index (χ1v) is 12.2. The predicted molar refractivity (Wildman–Crippen MR) is 115 cm³/mol. The van der Waals surface area contributed by atoms with E-state index in [2.05, 4.69) is 4.99 Å². The van der Waals surface area contributed by atoms with Crippen molar-refractivity contribution in [3.63, 3.8) is 0 Å². The molecule has 29 heavy (non-hydrogen) atoms. The van der Waals surface area contributed by atoms with Crippen LogP contribution in [-0.2, 0) is 21.1 Å². The minimum absolute atomic E-state index is 0.00205. The molecule has 0 radical (unpaired) electrons. The molecule has 0 saturated carbocycles. The van der Waals surface area contributed by atoms with Crippen LogP contribution in [0.25, 0.3) is 0 Å². The molecule has 152 valence electrons. The molecule has 2 aliphatic heterocycles. The van der Waals surface area contributed by atoms with Crippen LogP contribution in [0.5, 0.6) is 0 Å². The van der Waals surface area contributed by atoms with E-state index in [1.165, 1.54) is 36.0 Å². The predicted octanol–water partition coefficient (Wildman–Crippen LogP) is 3.98. The molecule has 2 aromatic rings. The summed E-state index contributed by atoms with van der Waals surface area (Å²) in [6.07, 6.45) is 0.00205. The van der Waals surface area contributed by atoms with Crippen molar-refractivity contribution in [1.29, 1.82) is 0 Å². The first-order valence-electron chi connectivity index (χ1n) is 8.70. The molecule has 0 spiro atoms. The van der Waals surface area contributed by atoms with Crippen molar-refractivity contribution in [3.05, 3.63) is 63.9 Å². The summed E-state index contributed by atoms with van der Waals surface area (Å²) >= 11 is 14.0. The van der Waals surface area contributed by atoms with Crippen LogP contribution in [0.15, 0.2) is 47.5 Å². The second-order valence-electron chi connectivity index (χ2n) is 6.83. The first-order chi connectivity index (χ1) is 13.7. The highest BCUT2D eigenvalue weighted by Gasteiger charge is 2.50. The Morgan fingerprint density at radius 3 is 2.45 bits per heavy atom. The number of thioether (sulfide) groups is 1. The Kier molecular flexibility index (Phi) is 5.63. The van der Waals surface area contributed by atoms with E-state index in [1.807, 2.05) is 0 Å². The van der Waals surface area contributed by atoms with Crippen LogP contribution < -0.4 is 4.90 Å². The molecule has 2 heterocycles. The number of amides is 1. The lowest BCUT2D eigenvalue weighted by molar-refractivity contribution is -0.117. The van der Waals surface area contributed by atoms with Gasteiger partial charge in [-0.1, -0.05) is 53.2 Å². The van der Waals surface area contributed by atoms with Crippen molar-refractivity contribution >= 4 is 61.6 Å². The molecule has 2 aliphatic rings. The van der Waals surface area contributed by atoms with Gasteiger partial charge in [0.1, 0.15) is 5.82 Å². The van der Waals surface area contributed by atoms with E-state index in [0.717, 1.165) is 0 Å². The number of benzene rings is 2. The molecule has 2 saturated heterocycles. The van der Waals surface area contributed by atoms with Crippen molar-refractivity contribution in [2.45, 2.75) is 17.7 Å². The van der Waals surface area contributed by atoms with Gasteiger partial charge in [-0.15, -0.1) is 0 Å². The SMILES string of the molecule is O=C(Cc1ccc(F)cc1)N=C1S[C@@H]2CS(=O)(=O)C[C@@H]2N1c1c(Cl)cccc1Cl. The molecule has 0 aromatic heterocycles. The highest BCUT2D eigenvalue weighted by molar-refractivity contribution is 8.16. The highest BCUT2D eigenvalue weighted by Crippen LogP contribution is 2.45. The third-order valence-corrected chi connectivity index (χ3v) is 8.55. The molecule has 10 heteroatoms. The molecule has 0 unspecified atom stereocenters. The fourth-order valence-electron chi connectivity index (χ4n) is 3.47. The molecule has 4 rings (SSSR count). The fraction of sp³-hybridized carbons (Fsp3) is 0.263. The number of sulfone groups is 1. The summed E-state index contributed by atoms with van der Waals surface area (Å²) in [4.78, 5) is 18.4. The Morgan fingerprint density at radius 1 is 1.14 bits per heavy atom. The molecule has 2 fully saturated rings. The van der Waals surface area contributed by atoms with Crippen molar-refractivity contribution < 1.29 is 17.6 Å². The summed E-state index contributed by atoms with van der Waals surface area (Å²) < 4.78 is 37.4. The van der Waals surface area contributed by atoms with Crippen molar-refractivity contribution in [2.75, 3.05) is 16.4 Å². The summed E-state index contributed by atoms with van der Waals surface area (Å²) in [5.74, 6) is -0.855. The normalized spacial score (nSPS) is 24.1. The van der Waals surface area contributed by atoms with Gasteiger partial charge in [-0.05, 0) is 29.8 Å². The Morgan fingerprint density at radius 2 is 1.79 bits per heavy atom. The molecule has 2 atom stereocenters. The second-order valence-corrected chi connectivity index (χ2v) is 11.0. The molecule has 2 aromatic carbocycles. The largest absolute Gasteiger partial charge is 0.313 e. The minimum atomic E-state index is -3.20. The maximum absolute atomic E-state index is 13.1. The number of aliphatic imine (C=N–C) groups is 1. The first kappa shape index (κ1) is 20.7. The topological polar surface area (TPSA) is 66.8 Å². The number of anilines is 1. The van der Waals surface area contributed by atoms with Crippen molar-refractivity contribution in [2.24, 2.45) is 4.99 Å². The summed E-state index contributed by atoms with van der Waals surface area (Å²) in [6.45, 7) is 0. The number of hydrogen-bond donors (Lipinski definition) is 0. The van der Waals surface area contributed by atoms with Crippen LogP contribution in [0, 0.1) is 5.82 Å². The molecular formula is C19H15Cl2FN2O3S2. The molecule has 0 N–H and O–H groups in total. The number of para-hydroxylation sites is 1. The average Bonchev–Trinajstić information content (AvgIpc) is 3.09. The number of rotatable bonds is 3. The van der Waals surface area contributed by atoms with Crippen LogP contribution in [0.2, 0.25) is 10.0 Å². The number of carbonyl (C=O) groups is 1. The van der Waals surface area contributed by atoms with Crippen LogP contribution in [0.1, 0.15) is 5.56 Å². The van der Waals surface area contributed by atoms with Crippen molar-refractivity contribution in [1.82, 2.24) is 0 Å². The Bertz CT molecular complexity index is 1090. The maximum Gasteiger partial charge on any atom is 0.252 e. The van der Waals surface area contributed by atoms with E-state index in [-0.39, 0.29) is 29.0 Å². The number of carbonyl (C=O) groups excluding carboxylic acids is 1. The van der Waals surface area contributed by atoms with Gasteiger partial charge in [0.05, 0.1) is 39.7 Å². The van der Waals surface area contributed by atoms with E-state index in [1.54, 1.807) is 23.1 Å². The minimum Gasteiger partial charge on any atom is -0.313 e. The second kappa shape index (κ2) is 7.91. The number of nitrogens with zero attached hydrogens (tertiary/aromatic N) is 2. The van der Waals surface area contributed by atoms with Gasteiger partial charge in [-0.25, -0.2) is 12.8 Å². The van der Waals surface area contributed by atoms with Gasteiger partial charge >= 0.3 is 0 Å². The third-order valence-electron chi connectivity index (χ3n) is 4.73. The van der Waals surface area contributed by atoms with Gasteiger partial charge in [-0.3, -0.25) is 4.79 Å². The molecule has 0 aliphatic carbocycles. The standard InChI is InChI=1S/C19H15Cl2FN2O3S2/c20-13-2-1-3-14(21)18(13)24-15-9-29(26,27)10-16(15)28-19(24)23-17(25)8-11-4-6-12(22)7-5-11/h1-7,15-16H,8-10H2/t15-,16+/m0/s1. The van der Waals surface area contributed by atoms with Gasteiger partial charge in [-0.2, -0.15) is 4.99 Å². The smallest absolute Gasteiger partial charge is 0.252 e. The van der Waals surface area contributed by atoms with E-state index < -0.39 is 21.8 Å². The van der Waals surface area contributed by atoms with E-state index >= 15 is 0 Å². The summed E-state index contributed by atoms with van der Waals surface area (Å²) in [5.41, 5.74) is 1.08. The molecule has 0 bridgehead atoms. The van der Waals surface area contributed by atoms with Crippen LogP contribution >= 0.6 is 35.0 Å². The van der Waals surface area contributed by atoms with Gasteiger partial charge in [0, 0.05) is 5.25 Å². The van der Waals surface area contributed by atoms with Crippen LogP contribution in [0.4, 0.5) is 10.1 Å². The molecular weight excluding hydrogens is 458 g/mol. The fourth-order valence-corrected chi connectivity index (χ4v) is 7.96. The van der Waals surface area contributed by atoms with E-state index in [9.17, 15) is 17.6 Å². The number of hydrogen-bond acceptors (Lipinski definition) is 4. The van der Waals surface area contributed by atoms with Gasteiger partial charge in [0.25, 0.3) is 5.91 Å². The van der Waals surface area contributed by atoms with Gasteiger partial charge < -0.3 is 4.90 Å². The summed E-state index contributed by atoms with van der Waals surface area (Å²) in [6, 6.07) is 10.2. The molecule has 1 amide bonds.